The minimum atomic E-state index is -4.36. The highest BCUT2D eigenvalue weighted by atomic mass is 79.9. The topological polar surface area (TPSA) is 41.6 Å². The molecule has 0 aliphatic carbocycles. The fourth-order valence-electron chi connectivity index (χ4n) is 2.46. The fraction of sp³-hybridized carbons (Fsp3) is 0.500. The van der Waals surface area contributed by atoms with Crippen LogP contribution in [0.15, 0.2) is 22.7 Å². The third kappa shape index (κ3) is 4.13. The summed E-state index contributed by atoms with van der Waals surface area (Å²) in [5.41, 5.74) is 0.832. The maximum Gasteiger partial charge on any atom is 0.406 e. The first-order chi connectivity index (χ1) is 10.3. The van der Waals surface area contributed by atoms with Crippen LogP contribution in [-0.2, 0) is 11.3 Å². The summed E-state index contributed by atoms with van der Waals surface area (Å²) in [6.07, 6.45) is -4.00. The lowest BCUT2D eigenvalue weighted by molar-refractivity contribution is -0.158. The molecule has 2 rings (SSSR count). The third-order valence-electron chi connectivity index (χ3n) is 3.46. The largest absolute Gasteiger partial charge is 0.495 e. The number of nitrogens with zero attached hydrogens (tertiary/aromatic N) is 1. The van der Waals surface area contributed by atoms with Gasteiger partial charge in [-0.2, -0.15) is 13.2 Å². The second-order valence-corrected chi connectivity index (χ2v) is 5.88. The molecule has 22 heavy (non-hydrogen) atoms. The van der Waals surface area contributed by atoms with Gasteiger partial charge in [0, 0.05) is 18.7 Å². The molecule has 1 atom stereocenters. The van der Waals surface area contributed by atoms with E-state index in [1.54, 1.807) is 0 Å². The zero-order valence-electron chi connectivity index (χ0n) is 11.9. The molecule has 1 amide bonds. The number of hydrogen-bond acceptors (Lipinski definition) is 3. The van der Waals surface area contributed by atoms with Gasteiger partial charge in [0.25, 0.3) is 0 Å². The van der Waals surface area contributed by atoms with Crippen molar-refractivity contribution in [1.82, 2.24) is 10.2 Å². The quantitative estimate of drug-likeness (QED) is 0.853. The van der Waals surface area contributed by atoms with E-state index in [4.69, 9.17) is 4.74 Å². The first-order valence-electron chi connectivity index (χ1n) is 6.72. The molecule has 0 spiro atoms. The van der Waals surface area contributed by atoms with E-state index in [1.807, 2.05) is 18.2 Å². The van der Waals surface area contributed by atoms with Crippen LogP contribution >= 0.6 is 15.9 Å². The van der Waals surface area contributed by atoms with Crippen LogP contribution in [0.1, 0.15) is 12.0 Å². The van der Waals surface area contributed by atoms with Gasteiger partial charge in [0.05, 0.1) is 17.6 Å². The number of ether oxygens (including phenoxy) is 1. The zero-order chi connectivity index (χ0) is 16.3. The number of alkyl halides is 3. The van der Waals surface area contributed by atoms with Gasteiger partial charge in [-0.25, -0.2) is 0 Å². The maximum atomic E-state index is 12.4. The normalized spacial score (nSPS) is 18.9. The van der Waals surface area contributed by atoms with Crippen molar-refractivity contribution in [2.24, 2.45) is 0 Å². The Balaban J connectivity index is 1.96. The highest BCUT2D eigenvalue weighted by Crippen LogP contribution is 2.29. The summed E-state index contributed by atoms with van der Waals surface area (Å²) >= 11 is 3.36. The number of carbonyl (C=O) groups is 1. The molecular formula is C14H16BrF3N2O2. The van der Waals surface area contributed by atoms with Crippen LogP contribution in [0.5, 0.6) is 5.75 Å². The molecule has 8 heteroatoms. The average Bonchev–Trinajstić information content (AvgIpc) is 2.76. The molecule has 0 radical (unpaired) electrons. The monoisotopic (exact) mass is 380 g/mol. The zero-order valence-corrected chi connectivity index (χ0v) is 13.5. The smallest absolute Gasteiger partial charge is 0.406 e. The lowest BCUT2D eigenvalue weighted by Crippen LogP contribution is -2.41. The van der Waals surface area contributed by atoms with Crippen molar-refractivity contribution in [2.75, 3.05) is 20.2 Å². The lowest BCUT2D eigenvalue weighted by Gasteiger charge is -2.19. The van der Waals surface area contributed by atoms with Gasteiger partial charge < -0.3 is 15.0 Å². The predicted molar refractivity (Wildman–Crippen MR) is 78.6 cm³/mol. The summed E-state index contributed by atoms with van der Waals surface area (Å²) in [6, 6.07) is 4.90. The minimum Gasteiger partial charge on any atom is -0.495 e. The standard InChI is InChI=1S/C14H16BrF3N2O2/c1-22-12-9(3-2-4-10(12)15)7-19-11-5-6-20(13(11)21)8-14(16,17)18/h2-4,11,19H,5-8H2,1H3. The molecule has 122 valence electrons. The van der Waals surface area contributed by atoms with Crippen molar-refractivity contribution in [3.05, 3.63) is 28.2 Å². The molecule has 4 nitrogen and oxygen atoms in total. The Bertz CT molecular complexity index is 551. The summed E-state index contributed by atoms with van der Waals surface area (Å²) in [5.74, 6) is 0.138. The molecule has 0 bridgehead atoms. The number of rotatable bonds is 5. The molecule has 1 unspecified atom stereocenters. The summed E-state index contributed by atoms with van der Waals surface area (Å²) < 4.78 is 43.2. The summed E-state index contributed by atoms with van der Waals surface area (Å²) in [5, 5.41) is 3.01. The van der Waals surface area contributed by atoms with Crippen LogP contribution in [0.4, 0.5) is 13.2 Å². The summed E-state index contributed by atoms with van der Waals surface area (Å²) in [4.78, 5) is 12.8. The van der Waals surface area contributed by atoms with E-state index in [0.29, 0.717) is 18.7 Å². The molecule has 1 N–H and O–H groups in total. The van der Waals surface area contributed by atoms with Gasteiger partial charge in [-0.3, -0.25) is 4.79 Å². The Labute approximate surface area is 134 Å². The van der Waals surface area contributed by atoms with Crippen molar-refractivity contribution in [2.45, 2.75) is 25.2 Å². The van der Waals surface area contributed by atoms with E-state index in [1.165, 1.54) is 7.11 Å². The summed E-state index contributed by atoms with van der Waals surface area (Å²) in [7, 11) is 1.54. The molecule has 1 heterocycles. The average molecular weight is 381 g/mol. The van der Waals surface area contributed by atoms with E-state index in [9.17, 15) is 18.0 Å². The van der Waals surface area contributed by atoms with E-state index in [0.717, 1.165) is 14.9 Å². The van der Waals surface area contributed by atoms with E-state index in [2.05, 4.69) is 21.2 Å². The van der Waals surface area contributed by atoms with E-state index < -0.39 is 24.7 Å². The molecule has 0 aromatic heterocycles. The highest BCUT2D eigenvalue weighted by Gasteiger charge is 2.39. The Hall–Kier alpha value is -1.28. The maximum absolute atomic E-state index is 12.4. The van der Waals surface area contributed by atoms with E-state index in [-0.39, 0.29) is 6.54 Å². The number of methoxy groups -OCH3 is 1. The van der Waals surface area contributed by atoms with Crippen LogP contribution in [0.25, 0.3) is 0 Å². The van der Waals surface area contributed by atoms with Gasteiger partial charge >= 0.3 is 6.18 Å². The number of likely N-dealkylation sites (tertiary alicyclic amines) is 1. The molecule has 1 fully saturated rings. The number of para-hydroxylation sites is 1. The van der Waals surface area contributed by atoms with Crippen LogP contribution in [-0.4, -0.2) is 43.2 Å². The van der Waals surface area contributed by atoms with Crippen molar-refractivity contribution in [3.8, 4) is 5.75 Å². The lowest BCUT2D eigenvalue weighted by atomic mass is 10.1. The first kappa shape index (κ1) is 17.1. The Morgan fingerprint density at radius 2 is 2.18 bits per heavy atom. The predicted octanol–water partition coefficient (Wildman–Crippen LogP) is 2.71. The second kappa shape index (κ2) is 6.87. The van der Waals surface area contributed by atoms with Gasteiger partial charge in [0.2, 0.25) is 5.91 Å². The highest BCUT2D eigenvalue weighted by molar-refractivity contribution is 9.10. The minimum absolute atomic E-state index is 0.117. The molecule has 0 saturated carbocycles. The number of carbonyl (C=O) groups excluding carboxylic acids is 1. The Morgan fingerprint density at radius 3 is 2.82 bits per heavy atom. The van der Waals surface area contributed by atoms with Crippen molar-refractivity contribution in [1.29, 1.82) is 0 Å². The van der Waals surface area contributed by atoms with Crippen molar-refractivity contribution < 1.29 is 22.7 Å². The molecule has 1 aliphatic rings. The van der Waals surface area contributed by atoms with Gasteiger partial charge in [-0.1, -0.05) is 12.1 Å². The molecule has 1 aromatic carbocycles. The number of amides is 1. The van der Waals surface area contributed by atoms with Gasteiger partial charge in [-0.05, 0) is 28.4 Å². The second-order valence-electron chi connectivity index (χ2n) is 5.03. The van der Waals surface area contributed by atoms with Crippen LogP contribution in [0, 0.1) is 0 Å². The van der Waals surface area contributed by atoms with Gasteiger partial charge in [-0.15, -0.1) is 0 Å². The summed E-state index contributed by atoms with van der Waals surface area (Å²) in [6.45, 7) is -0.727. The molecule has 1 aliphatic heterocycles. The fourth-order valence-corrected chi connectivity index (χ4v) is 3.03. The first-order valence-corrected chi connectivity index (χ1v) is 7.51. The van der Waals surface area contributed by atoms with Crippen LogP contribution < -0.4 is 10.1 Å². The Kier molecular flexibility index (Phi) is 5.33. The van der Waals surface area contributed by atoms with Gasteiger partial charge in [0.1, 0.15) is 12.3 Å². The van der Waals surface area contributed by atoms with Crippen molar-refractivity contribution in [3.63, 3.8) is 0 Å². The van der Waals surface area contributed by atoms with E-state index >= 15 is 0 Å². The van der Waals surface area contributed by atoms with Gasteiger partial charge in [0.15, 0.2) is 0 Å². The number of nitrogens with one attached hydrogen (secondary N) is 1. The third-order valence-corrected chi connectivity index (χ3v) is 4.08. The molecule has 1 saturated heterocycles. The van der Waals surface area contributed by atoms with Crippen LogP contribution in [0.3, 0.4) is 0 Å². The molecule has 1 aromatic rings. The SMILES string of the molecule is COc1c(Br)cccc1CNC1CCN(CC(F)(F)F)C1=O. The number of benzene rings is 1. The molecular weight excluding hydrogens is 365 g/mol. The van der Waals surface area contributed by atoms with Crippen molar-refractivity contribution >= 4 is 21.8 Å². The van der Waals surface area contributed by atoms with Crippen LogP contribution in [0.2, 0.25) is 0 Å². The Morgan fingerprint density at radius 1 is 1.45 bits per heavy atom. The number of hydrogen-bond donors (Lipinski definition) is 1. The number of halogens is 4.